The van der Waals surface area contributed by atoms with Crippen LogP contribution in [0.1, 0.15) is 65.6 Å². The zero-order chi connectivity index (χ0) is 27.5. The number of hydrogen-bond donors (Lipinski definition) is 2. The van der Waals surface area contributed by atoms with E-state index >= 15 is 0 Å². The van der Waals surface area contributed by atoms with Crippen LogP contribution in [0.5, 0.6) is 0 Å². The third-order valence-corrected chi connectivity index (χ3v) is 6.70. The molecule has 2 N–H and O–H groups in total. The largest absolute Gasteiger partial charge is 0.463 e. The number of nitrogens with zero attached hydrogens (tertiary/aromatic N) is 3. The van der Waals surface area contributed by atoms with Gasteiger partial charge < -0.3 is 20.3 Å². The highest BCUT2D eigenvalue weighted by Gasteiger charge is 2.38. The Labute approximate surface area is 221 Å². The number of hydrogen-bond acceptors (Lipinski definition) is 5. The summed E-state index contributed by atoms with van der Waals surface area (Å²) in [6.07, 6.45) is 0. The number of likely N-dealkylation sites (N-methyl/N-ethyl adjacent to an activating group) is 1. The Balaban J connectivity index is 1.87. The van der Waals surface area contributed by atoms with Crippen molar-refractivity contribution in [2.45, 2.75) is 65.5 Å². The molecule has 0 radical (unpaired) electrons. The van der Waals surface area contributed by atoms with E-state index in [9.17, 15) is 14.4 Å². The normalized spacial score (nSPS) is 19.6. The van der Waals surface area contributed by atoms with Gasteiger partial charge in [0.05, 0.1) is 18.2 Å². The lowest BCUT2D eigenvalue weighted by Crippen LogP contribution is -2.56. The van der Waals surface area contributed by atoms with Crippen LogP contribution in [0, 0.1) is 0 Å². The fourth-order valence-corrected chi connectivity index (χ4v) is 4.54. The van der Waals surface area contributed by atoms with Crippen molar-refractivity contribution < 1.29 is 19.1 Å². The van der Waals surface area contributed by atoms with E-state index in [0.717, 1.165) is 5.56 Å². The second kappa shape index (κ2) is 11.1. The van der Waals surface area contributed by atoms with Gasteiger partial charge in [-0.2, -0.15) is 0 Å². The molecule has 0 aromatic heterocycles. The van der Waals surface area contributed by atoms with Crippen LogP contribution in [0.4, 0.5) is 9.59 Å². The molecule has 3 rings (SSSR count). The standard InChI is InChI=1S/C28H43N5O4/c1-9-37-24(34)22-21(18-32-14-16-33(17-15-32)26(36)30-28(5,6)7)31(8)25(35)29-23(22)19-10-12-20(13-11-19)27(2,3)4/h10-13,23H,9,14-18H2,1-8H3,(H,29,35)(H,30,36). The Morgan fingerprint density at radius 1 is 1.03 bits per heavy atom. The smallest absolute Gasteiger partial charge is 0.338 e. The molecule has 2 aliphatic rings. The predicted octanol–water partition coefficient (Wildman–Crippen LogP) is 3.62. The van der Waals surface area contributed by atoms with E-state index in [1.165, 1.54) is 10.5 Å². The van der Waals surface area contributed by atoms with Crippen molar-refractivity contribution in [2.75, 3.05) is 46.4 Å². The van der Waals surface area contributed by atoms with Crippen molar-refractivity contribution in [3.8, 4) is 0 Å². The van der Waals surface area contributed by atoms with Crippen molar-refractivity contribution in [1.29, 1.82) is 0 Å². The molecule has 1 atom stereocenters. The Morgan fingerprint density at radius 3 is 2.14 bits per heavy atom. The number of urea groups is 2. The molecular formula is C28H43N5O4. The van der Waals surface area contributed by atoms with Gasteiger partial charge in [0.1, 0.15) is 0 Å². The highest BCUT2D eigenvalue weighted by molar-refractivity contribution is 5.95. The summed E-state index contributed by atoms with van der Waals surface area (Å²) >= 11 is 0. The van der Waals surface area contributed by atoms with E-state index in [-0.39, 0.29) is 29.6 Å². The quantitative estimate of drug-likeness (QED) is 0.587. The lowest BCUT2D eigenvalue weighted by molar-refractivity contribution is -0.139. The number of esters is 1. The van der Waals surface area contributed by atoms with E-state index in [1.807, 2.05) is 45.0 Å². The zero-order valence-corrected chi connectivity index (χ0v) is 23.6. The predicted molar refractivity (Wildman–Crippen MR) is 144 cm³/mol. The number of nitrogens with one attached hydrogen (secondary N) is 2. The molecule has 2 heterocycles. The van der Waals surface area contributed by atoms with Gasteiger partial charge in [0.25, 0.3) is 0 Å². The summed E-state index contributed by atoms with van der Waals surface area (Å²) in [4.78, 5) is 44.3. The minimum absolute atomic E-state index is 0.00847. The lowest BCUT2D eigenvalue weighted by Gasteiger charge is -2.40. The van der Waals surface area contributed by atoms with Gasteiger partial charge in [-0.15, -0.1) is 0 Å². The molecule has 0 spiro atoms. The Hall–Kier alpha value is -3.07. The highest BCUT2D eigenvalue weighted by atomic mass is 16.5. The molecule has 4 amide bonds. The van der Waals surface area contributed by atoms with Crippen LogP contribution >= 0.6 is 0 Å². The maximum Gasteiger partial charge on any atom is 0.338 e. The maximum absolute atomic E-state index is 13.2. The number of ether oxygens (including phenoxy) is 1. The average molecular weight is 514 g/mol. The van der Waals surface area contributed by atoms with E-state index < -0.39 is 12.0 Å². The van der Waals surface area contributed by atoms with Crippen molar-refractivity contribution in [1.82, 2.24) is 25.3 Å². The molecule has 1 fully saturated rings. The van der Waals surface area contributed by atoms with Crippen LogP contribution in [0.15, 0.2) is 35.5 Å². The van der Waals surface area contributed by atoms with Crippen LogP contribution in [0.2, 0.25) is 0 Å². The molecule has 9 heteroatoms. The zero-order valence-electron chi connectivity index (χ0n) is 23.6. The third kappa shape index (κ3) is 7.03. The fraction of sp³-hybridized carbons (Fsp3) is 0.607. The van der Waals surface area contributed by atoms with Crippen molar-refractivity contribution in [3.63, 3.8) is 0 Å². The second-order valence-corrected chi connectivity index (χ2v) is 11.8. The van der Waals surface area contributed by atoms with Gasteiger partial charge in [0.15, 0.2) is 0 Å². The van der Waals surface area contributed by atoms with Crippen LogP contribution in [-0.4, -0.2) is 84.6 Å². The van der Waals surface area contributed by atoms with Crippen molar-refractivity contribution in [3.05, 3.63) is 46.7 Å². The van der Waals surface area contributed by atoms with Crippen molar-refractivity contribution in [2.24, 2.45) is 0 Å². The molecule has 1 aromatic rings. The number of carbonyl (C=O) groups excluding carboxylic acids is 3. The van der Waals surface area contributed by atoms with E-state index in [0.29, 0.717) is 44.0 Å². The molecule has 1 saturated heterocycles. The molecule has 0 aliphatic carbocycles. The number of rotatable bonds is 5. The summed E-state index contributed by atoms with van der Waals surface area (Å²) in [5, 5.41) is 6.00. The molecule has 9 nitrogen and oxygen atoms in total. The van der Waals surface area contributed by atoms with E-state index in [4.69, 9.17) is 4.74 Å². The molecule has 204 valence electrons. The molecule has 2 aliphatic heterocycles. The Morgan fingerprint density at radius 2 is 1.62 bits per heavy atom. The monoisotopic (exact) mass is 513 g/mol. The minimum Gasteiger partial charge on any atom is -0.463 e. The van der Waals surface area contributed by atoms with Crippen LogP contribution < -0.4 is 10.6 Å². The maximum atomic E-state index is 13.2. The minimum atomic E-state index is -0.606. The summed E-state index contributed by atoms with van der Waals surface area (Å²) in [6, 6.07) is 7.09. The molecular weight excluding hydrogens is 470 g/mol. The number of carbonyl (C=O) groups is 3. The molecule has 1 aromatic carbocycles. The summed E-state index contributed by atoms with van der Waals surface area (Å²) < 4.78 is 5.45. The lowest BCUT2D eigenvalue weighted by atomic mass is 9.85. The first kappa shape index (κ1) is 28.5. The van der Waals surface area contributed by atoms with E-state index in [2.05, 4.69) is 36.3 Å². The summed E-state index contributed by atoms with van der Waals surface area (Å²) in [5.41, 5.74) is 2.77. The molecule has 1 unspecified atom stereocenters. The van der Waals surface area contributed by atoms with E-state index in [1.54, 1.807) is 18.9 Å². The van der Waals surface area contributed by atoms with Crippen LogP contribution in [-0.2, 0) is 14.9 Å². The Kier molecular flexibility index (Phi) is 8.57. The topological polar surface area (TPSA) is 94.2 Å². The number of amides is 4. The number of piperazine rings is 1. The molecule has 37 heavy (non-hydrogen) atoms. The van der Waals surface area contributed by atoms with Crippen LogP contribution in [0.3, 0.4) is 0 Å². The third-order valence-electron chi connectivity index (χ3n) is 6.70. The van der Waals surface area contributed by atoms with Crippen molar-refractivity contribution >= 4 is 18.0 Å². The van der Waals surface area contributed by atoms with Gasteiger partial charge in [0.2, 0.25) is 0 Å². The van der Waals surface area contributed by atoms with Gasteiger partial charge in [-0.25, -0.2) is 14.4 Å². The Bertz CT molecular complexity index is 1030. The number of benzene rings is 1. The SMILES string of the molecule is CCOC(=O)C1=C(CN2CCN(C(=O)NC(C)(C)C)CC2)N(C)C(=O)NC1c1ccc(C(C)(C)C)cc1. The first-order valence-corrected chi connectivity index (χ1v) is 13.1. The fourth-order valence-electron chi connectivity index (χ4n) is 4.54. The summed E-state index contributed by atoms with van der Waals surface area (Å²) in [7, 11) is 1.68. The van der Waals surface area contributed by atoms with Gasteiger partial charge in [-0.1, -0.05) is 45.0 Å². The molecule has 0 saturated carbocycles. The van der Waals surface area contributed by atoms with Gasteiger partial charge >= 0.3 is 18.0 Å². The first-order chi connectivity index (χ1) is 17.2. The average Bonchev–Trinajstić information content (AvgIpc) is 2.81. The van der Waals surface area contributed by atoms with Gasteiger partial charge in [-0.3, -0.25) is 9.80 Å². The second-order valence-electron chi connectivity index (χ2n) is 11.8. The van der Waals surface area contributed by atoms with Gasteiger partial charge in [-0.05, 0) is 44.2 Å². The highest BCUT2D eigenvalue weighted by Crippen LogP contribution is 2.33. The molecule has 0 bridgehead atoms. The summed E-state index contributed by atoms with van der Waals surface area (Å²) in [6.45, 7) is 17.1. The summed E-state index contributed by atoms with van der Waals surface area (Å²) in [5.74, 6) is -0.433. The van der Waals surface area contributed by atoms with Gasteiger partial charge in [0, 0.05) is 51.0 Å². The van der Waals surface area contributed by atoms with Crippen LogP contribution in [0.25, 0.3) is 0 Å². The first-order valence-electron chi connectivity index (χ1n) is 13.1.